The first-order valence-electron chi connectivity index (χ1n) is 7.36. The fourth-order valence-corrected chi connectivity index (χ4v) is 3.62. The van der Waals surface area contributed by atoms with Crippen molar-refractivity contribution in [1.82, 2.24) is 9.88 Å². The van der Waals surface area contributed by atoms with Crippen LogP contribution in [0.4, 0.5) is 0 Å². The summed E-state index contributed by atoms with van der Waals surface area (Å²) >= 11 is 1.80. The van der Waals surface area contributed by atoms with Crippen LogP contribution in [0.5, 0.6) is 0 Å². The first-order valence-corrected chi connectivity index (χ1v) is 8.24. The van der Waals surface area contributed by atoms with Crippen molar-refractivity contribution < 1.29 is 0 Å². The summed E-state index contributed by atoms with van der Waals surface area (Å²) in [6.07, 6.45) is 3.82. The topological polar surface area (TPSA) is 42.2 Å². The van der Waals surface area contributed by atoms with E-state index in [0.717, 1.165) is 19.0 Å². The summed E-state index contributed by atoms with van der Waals surface area (Å²) in [5.74, 6) is 0.791. The molecule has 19 heavy (non-hydrogen) atoms. The molecule has 4 heteroatoms. The first-order chi connectivity index (χ1) is 8.99. The zero-order valence-electron chi connectivity index (χ0n) is 12.5. The van der Waals surface area contributed by atoms with Crippen LogP contribution >= 0.6 is 11.3 Å². The van der Waals surface area contributed by atoms with Crippen LogP contribution in [0.3, 0.4) is 0 Å². The summed E-state index contributed by atoms with van der Waals surface area (Å²) < 4.78 is 0. The zero-order chi connectivity index (χ0) is 13.9. The lowest BCUT2D eigenvalue weighted by Gasteiger charge is -2.32. The monoisotopic (exact) mass is 281 g/mol. The Labute approximate surface area is 121 Å². The van der Waals surface area contributed by atoms with Gasteiger partial charge in [0.05, 0.1) is 10.7 Å². The molecule has 1 fully saturated rings. The summed E-state index contributed by atoms with van der Waals surface area (Å²) in [5, 5.41) is 3.48. The number of aromatic nitrogens is 1. The predicted octanol–water partition coefficient (Wildman–Crippen LogP) is 3.00. The zero-order valence-corrected chi connectivity index (χ0v) is 13.3. The third kappa shape index (κ3) is 4.26. The van der Waals surface area contributed by atoms with Crippen molar-refractivity contribution >= 4 is 11.3 Å². The lowest BCUT2D eigenvalue weighted by atomic mass is 9.95. The van der Waals surface area contributed by atoms with E-state index in [-0.39, 0.29) is 5.41 Å². The average Bonchev–Trinajstić information content (AvgIpc) is 2.78. The van der Waals surface area contributed by atoms with Gasteiger partial charge in [-0.2, -0.15) is 0 Å². The molecule has 1 aliphatic heterocycles. The Morgan fingerprint density at radius 3 is 2.89 bits per heavy atom. The van der Waals surface area contributed by atoms with E-state index in [2.05, 4.69) is 31.1 Å². The highest BCUT2D eigenvalue weighted by Gasteiger charge is 2.22. The first kappa shape index (κ1) is 14.9. The lowest BCUT2D eigenvalue weighted by Crippen LogP contribution is -2.35. The Hall–Kier alpha value is -0.450. The van der Waals surface area contributed by atoms with E-state index in [0.29, 0.717) is 0 Å². The largest absolute Gasteiger partial charge is 0.330 e. The predicted molar refractivity (Wildman–Crippen MR) is 82.5 cm³/mol. The number of piperidine rings is 1. The van der Waals surface area contributed by atoms with Crippen molar-refractivity contribution in [3.8, 4) is 0 Å². The van der Waals surface area contributed by atoms with Crippen molar-refractivity contribution in [3.63, 3.8) is 0 Å². The highest BCUT2D eigenvalue weighted by atomic mass is 32.1. The molecule has 108 valence electrons. The molecule has 2 rings (SSSR count). The van der Waals surface area contributed by atoms with Crippen LogP contribution in [0.15, 0.2) is 5.38 Å². The molecule has 0 saturated carbocycles. The fourth-order valence-electron chi connectivity index (χ4n) is 2.72. The van der Waals surface area contributed by atoms with E-state index in [1.807, 2.05) is 0 Å². The Morgan fingerprint density at radius 2 is 2.26 bits per heavy atom. The highest BCUT2D eigenvalue weighted by Crippen LogP contribution is 2.27. The lowest BCUT2D eigenvalue weighted by molar-refractivity contribution is 0.161. The van der Waals surface area contributed by atoms with Crippen LogP contribution in [0.25, 0.3) is 0 Å². The molecule has 1 saturated heterocycles. The summed E-state index contributed by atoms with van der Waals surface area (Å²) in [6.45, 7) is 10.9. The second kappa shape index (κ2) is 6.33. The number of nitrogens with two attached hydrogens (primary N) is 1. The van der Waals surface area contributed by atoms with Crippen molar-refractivity contribution in [2.45, 2.75) is 52.0 Å². The maximum Gasteiger partial charge on any atom is 0.0982 e. The van der Waals surface area contributed by atoms with Gasteiger partial charge in [-0.05, 0) is 38.3 Å². The average molecular weight is 281 g/mol. The maximum absolute atomic E-state index is 5.68. The van der Waals surface area contributed by atoms with Crippen LogP contribution < -0.4 is 5.73 Å². The van der Waals surface area contributed by atoms with Crippen LogP contribution in [0.2, 0.25) is 0 Å². The molecule has 1 atom stereocenters. The molecule has 0 radical (unpaired) electrons. The normalized spacial score (nSPS) is 21.8. The van der Waals surface area contributed by atoms with Gasteiger partial charge in [0.15, 0.2) is 0 Å². The minimum atomic E-state index is 0.174. The summed E-state index contributed by atoms with van der Waals surface area (Å²) in [7, 11) is 0. The van der Waals surface area contributed by atoms with Gasteiger partial charge in [0, 0.05) is 23.9 Å². The molecular weight excluding hydrogens is 254 g/mol. The molecule has 2 heterocycles. The molecule has 1 unspecified atom stereocenters. The molecule has 0 bridgehead atoms. The molecule has 2 N–H and O–H groups in total. The number of nitrogens with zero attached hydrogens (tertiary/aromatic N) is 2. The van der Waals surface area contributed by atoms with Gasteiger partial charge >= 0.3 is 0 Å². The van der Waals surface area contributed by atoms with E-state index in [9.17, 15) is 0 Å². The van der Waals surface area contributed by atoms with Gasteiger partial charge < -0.3 is 5.73 Å². The van der Waals surface area contributed by atoms with Gasteiger partial charge in [0.25, 0.3) is 0 Å². The van der Waals surface area contributed by atoms with Gasteiger partial charge in [0.1, 0.15) is 0 Å². The minimum absolute atomic E-state index is 0.174. The number of hydrogen-bond acceptors (Lipinski definition) is 4. The summed E-state index contributed by atoms with van der Waals surface area (Å²) in [5.41, 5.74) is 7.09. The van der Waals surface area contributed by atoms with E-state index in [1.165, 1.54) is 43.1 Å². The number of likely N-dealkylation sites (tertiary alicyclic amines) is 1. The number of hydrogen-bond donors (Lipinski definition) is 1. The molecule has 0 amide bonds. The van der Waals surface area contributed by atoms with Crippen molar-refractivity contribution in [2.75, 3.05) is 19.6 Å². The van der Waals surface area contributed by atoms with Gasteiger partial charge in [0.2, 0.25) is 0 Å². The maximum atomic E-state index is 5.68. The van der Waals surface area contributed by atoms with E-state index >= 15 is 0 Å². The Morgan fingerprint density at radius 1 is 1.47 bits per heavy atom. The second-order valence-electron chi connectivity index (χ2n) is 6.71. The van der Waals surface area contributed by atoms with Gasteiger partial charge in [-0.3, -0.25) is 4.90 Å². The van der Waals surface area contributed by atoms with Gasteiger partial charge in [-0.1, -0.05) is 20.8 Å². The molecule has 0 aromatic carbocycles. The van der Waals surface area contributed by atoms with Gasteiger partial charge in [-0.25, -0.2) is 4.98 Å². The van der Waals surface area contributed by atoms with Crippen LogP contribution in [0.1, 0.15) is 50.7 Å². The number of thiazole rings is 1. The molecule has 0 aliphatic carbocycles. The van der Waals surface area contributed by atoms with Gasteiger partial charge in [-0.15, -0.1) is 11.3 Å². The van der Waals surface area contributed by atoms with Crippen molar-refractivity contribution in [2.24, 2.45) is 11.7 Å². The Bertz CT molecular complexity index is 392. The molecule has 1 aromatic rings. The fraction of sp³-hybridized carbons (Fsp3) is 0.800. The molecule has 0 spiro atoms. The second-order valence-corrected chi connectivity index (χ2v) is 7.57. The highest BCUT2D eigenvalue weighted by molar-refractivity contribution is 7.09. The quantitative estimate of drug-likeness (QED) is 0.922. The summed E-state index contributed by atoms with van der Waals surface area (Å²) in [6, 6.07) is 0. The van der Waals surface area contributed by atoms with Crippen LogP contribution in [-0.2, 0) is 12.0 Å². The Kier molecular flexibility index (Phi) is 4.98. The minimum Gasteiger partial charge on any atom is -0.330 e. The van der Waals surface area contributed by atoms with Crippen molar-refractivity contribution in [3.05, 3.63) is 16.1 Å². The molecule has 1 aromatic heterocycles. The third-order valence-electron chi connectivity index (χ3n) is 3.76. The smallest absolute Gasteiger partial charge is 0.0982 e. The molecular formula is C15H27N3S. The van der Waals surface area contributed by atoms with Crippen LogP contribution in [0, 0.1) is 5.92 Å². The van der Waals surface area contributed by atoms with Crippen LogP contribution in [-0.4, -0.2) is 29.5 Å². The van der Waals surface area contributed by atoms with Crippen molar-refractivity contribution in [1.29, 1.82) is 0 Å². The third-order valence-corrected chi connectivity index (χ3v) is 5.07. The summed E-state index contributed by atoms with van der Waals surface area (Å²) in [4.78, 5) is 7.35. The van der Waals surface area contributed by atoms with E-state index < -0.39 is 0 Å². The standard InChI is InChI=1S/C15H27N3S/c1-15(2,3)14-17-13(11-19-14)10-18-8-4-5-12(9-18)6-7-16/h11-12H,4-10,16H2,1-3H3. The SMILES string of the molecule is CC(C)(C)c1nc(CN2CCCC(CCN)C2)cs1. The molecule has 3 nitrogen and oxygen atoms in total. The molecule has 1 aliphatic rings. The van der Waals surface area contributed by atoms with E-state index in [4.69, 9.17) is 10.7 Å². The van der Waals surface area contributed by atoms with E-state index in [1.54, 1.807) is 11.3 Å². The Balaban J connectivity index is 1.92. The number of rotatable bonds is 4.